The Morgan fingerprint density at radius 1 is 1.35 bits per heavy atom. The van der Waals surface area contributed by atoms with Crippen molar-refractivity contribution in [1.29, 1.82) is 10.5 Å². The van der Waals surface area contributed by atoms with Crippen LogP contribution < -0.4 is 0 Å². The van der Waals surface area contributed by atoms with Crippen molar-refractivity contribution in [1.82, 2.24) is 0 Å². The molecule has 92 valence electrons. The third-order valence-corrected chi connectivity index (χ3v) is 2.93. The van der Waals surface area contributed by atoms with E-state index in [0.29, 0.717) is 13.0 Å². The Kier molecular flexibility index (Phi) is 5.15. The van der Waals surface area contributed by atoms with E-state index in [2.05, 4.69) is 0 Å². The van der Waals surface area contributed by atoms with E-state index in [4.69, 9.17) is 20.0 Å². The van der Waals surface area contributed by atoms with E-state index in [9.17, 15) is 0 Å². The first-order valence-corrected chi connectivity index (χ1v) is 5.98. The van der Waals surface area contributed by atoms with Gasteiger partial charge in [-0.2, -0.15) is 10.5 Å². The van der Waals surface area contributed by atoms with Gasteiger partial charge in [0.1, 0.15) is 23.8 Å². The number of hydrogen-bond acceptors (Lipinski definition) is 4. The van der Waals surface area contributed by atoms with Gasteiger partial charge < -0.3 is 9.47 Å². The highest BCUT2D eigenvalue weighted by molar-refractivity contribution is 5.42. The van der Waals surface area contributed by atoms with Crippen LogP contribution in [0, 0.1) is 22.7 Å². The van der Waals surface area contributed by atoms with Gasteiger partial charge in [0.2, 0.25) is 0 Å². The van der Waals surface area contributed by atoms with Gasteiger partial charge in [-0.3, -0.25) is 0 Å². The standard InChI is InChI=1S/C13H18N2O2/c1-4-11(10(7-14)8-15)13-12(16-5-2)6-9(3)17-13/h9,12-13H,4-6H2,1-3H3/t9-,12-,13+/m1/s1. The Morgan fingerprint density at radius 2 is 2.00 bits per heavy atom. The van der Waals surface area contributed by atoms with Gasteiger partial charge in [0.25, 0.3) is 0 Å². The molecule has 0 amide bonds. The Bertz CT molecular complexity index is 360. The van der Waals surface area contributed by atoms with Crippen LogP contribution in [0.5, 0.6) is 0 Å². The van der Waals surface area contributed by atoms with Gasteiger partial charge in [0.15, 0.2) is 0 Å². The van der Waals surface area contributed by atoms with Gasteiger partial charge in [-0.1, -0.05) is 6.92 Å². The first-order valence-electron chi connectivity index (χ1n) is 5.98. The summed E-state index contributed by atoms with van der Waals surface area (Å²) in [4.78, 5) is 0. The molecule has 1 saturated heterocycles. The Balaban J connectivity index is 3.00. The molecule has 0 spiro atoms. The van der Waals surface area contributed by atoms with E-state index in [-0.39, 0.29) is 23.9 Å². The van der Waals surface area contributed by atoms with E-state index >= 15 is 0 Å². The summed E-state index contributed by atoms with van der Waals surface area (Å²) in [5, 5.41) is 17.9. The van der Waals surface area contributed by atoms with Crippen molar-refractivity contribution in [2.45, 2.75) is 51.9 Å². The van der Waals surface area contributed by atoms with E-state index in [1.54, 1.807) is 0 Å². The highest BCUT2D eigenvalue weighted by atomic mass is 16.6. The summed E-state index contributed by atoms with van der Waals surface area (Å²) in [5.41, 5.74) is 0.925. The quantitative estimate of drug-likeness (QED) is 0.700. The van der Waals surface area contributed by atoms with E-state index < -0.39 is 0 Å². The Labute approximate surface area is 102 Å². The van der Waals surface area contributed by atoms with Crippen molar-refractivity contribution in [2.24, 2.45) is 0 Å². The van der Waals surface area contributed by atoms with Gasteiger partial charge in [-0.25, -0.2) is 0 Å². The van der Waals surface area contributed by atoms with Gasteiger partial charge in [-0.15, -0.1) is 0 Å². The molecule has 4 nitrogen and oxygen atoms in total. The maximum atomic E-state index is 8.94. The maximum absolute atomic E-state index is 8.94. The topological polar surface area (TPSA) is 66.0 Å². The summed E-state index contributed by atoms with van der Waals surface area (Å²) in [6, 6.07) is 3.88. The highest BCUT2D eigenvalue weighted by Gasteiger charge is 2.36. The zero-order valence-electron chi connectivity index (χ0n) is 10.6. The minimum atomic E-state index is -0.246. The summed E-state index contributed by atoms with van der Waals surface area (Å²) in [6.45, 7) is 6.46. The van der Waals surface area contributed by atoms with Gasteiger partial charge in [0, 0.05) is 13.0 Å². The second kappa shape index (κ2) is 6.39. The molecule has 1 aliphatic heterocycles. The molecule has 0 aromatic carbocycles. The molecule has 4 heteroatoms. The molecule has 0 aliphatic carbocycles. The minimum Gasteiger partial charge on any atom is -0.375 e. The van der Waals surface area contributed by atoms with E-state index in [0.717, 1.165) is 12.0 Å². The number of rotatable bonds is 4. The smallest absolute Gasteiger partial charge is 0.131 e. The first-order chi connectivity index (χ1) is 8.17. The van der Waals surface area contributed by atoms with Crippen molar-refractivity contribution >= 4 is 0 Å². The predicted molar refractivity (Wildman–Crippen MR) is 62.9 cm³/mol. The summed E-state index contributed by atoms with van der Waals surface area (Å²) in [6.07, 6.45) is 1.27. The third kappa shape index (κ3) is 3.06. The summed E-state index contributed by atoms with van der Waals surface area (Å²) >= 11 is 0. The fourth-order valence-corrected chi connectivity index (χ4v) is 2.21. The van der Waals surface area contributed by atoms with Crippen molar-refractivity contribution in [3.8, 4) is 12.1 Å². The average molecular weight is 234 g/mol. The second-order valence-electron chi connectivity index (χ2n) is 4.07. The molecule has 0 aromatic rings. The van der Waals surface area contributed by atoms with Gasteiger partial charge in [-0.05, 0) is 25.8 Å². The number of hydrogen-bond donors (Lipinski definition) is 0. The highest BCUT2D eigenvalue weighted by Crippen LogP contribution is 2.31. The lowest BCUT2D eigenvalue weighted by Gasteiger charge is -2.20. The molecule has 17 heavy (non-hydrogen) atoms. The van der Waals surface area contributed by atoms with Crippen LogP contribution in [0.15, 0.2) is 11.1 Å². The van der Waals surface area contributed by atoms with Crippen LogP contribution in [0.4, 0.5) is 0 Å². The zero-order valence-corrected chi connectivity index (χ0v) is 10.6. The molecule has 3 atom stereocenters. The summed E-state index contributed by atoms with van der Waals surface area (Å²) in [7, 11) is 0. The predicted octanol–water partition coefficient (Wildman–Crippen LogP) is 2.32. The number of allylic oxidation sites excluding steroid dienone is 1. The lowest BCUT2D eigenvalue weighted by atomic mass is 9.97. The van der Waals surface area contributed by atoms with Crippen molar-refractivity contribution in [3.05, 3.63) is 11.1 Å². The molecule has 1 heterocycles. The maximum Gasteiger partial charge on any atom is 0.131 e. The average Bonchev–Trinajstić information content (AvgIpc) is 2.67. The molecule has 0 radical (unpaired) electrons. The SMILES string of the molecule is CCO[C@@H]1C[C@@H](C)O[C@H]1C(CC)=C(C#N)C#N. The minimum absolute atomic E-state index is 0.0401. The van der Waals surface area contributed by atoms with Crippen molar-refractivity contribution < 1.29 is 9.47 Å². The lowest BCUT2D eigenvalue weighted by molar-refractivity contribution is 0.00173. The normalized spacial score (nSPS) is 27.2. The molecular formula is C13H18N2O2. The monoisotopic (exact) mass is 234 g/mol. The second-order valence-corrected chi connectivity index (χ2v) is 4.07. The van der Waals surface area contributed by atoms with Crippen molar-refractivity contribution in [2.75, 3.05) is 6.61 Å². The van der Waals surface area contributed by atoms with Crippen LogP contribution in [-0.2, 0) is 9.47 Å². The molecule has 0 saturated carbocycles. The Hall–Kier alpha value is -1.36. The fourth-order valence-electron chi connectivity index (χ4n) is 2.21. The first kappa shape index (κ1) is 13.7. The molecule has 0 aromatic heterocycles. The van der Waals surface area contributed by atoms with Crippen LogP contribution in [-0.4, -0.2) is 24.9 Å². The Morgan fingerprint density at radius 3 is 2.47 bits per heavy atom. The lowest BCUT2D eigenvalue weighted by Crippen LogP contribution is -2.27. The number of nitriles is 2. The van der Waals surface area contributed by atoms with Crippen molar-refractivity contribution in [3.63, 3.8) is 0 Å². The molecule has 0 N–H and O–H groups in total. The van der Waals surface area contributed by atoms with Crippen LogP contribution >= 0.6 is 0 Å². The van der Waals surface area contributed by atoms with Crippen LogP contribution in [0.1, 0.15) is 33.6 Å². The third-order valence-electron chi connectivity index (χ3n) is 2.93. The molecule has 1 rings (SSSR count). The van der Waals surface area contributed by atoms with Crippen LogP contribution in [0.3, 0.4) is 0 Å². The van der Waals surface area contributed by atoms with Crippen LogP contribution in [0.2, 0.25) is 0 Å². The molecular weight excluding hydrogens is 216 g/mol. The molecule has 0 bridgehead atoms. The summed E-state index contributed by atoms with van der Waals surface area (Å²) in [5.74, 6) is 0. The molecule has 1 fully saturated rings. The summed E-state index contributed by atoms with van der Waals surface area (Å²) < 4.78 is 11.4. The van der Waals surface area contributed by atoms with Gasteiger partial charge >= 0.3 is 0 Å². The van der Waals surface area contributed by atoms with E-state index in [1.807, 2.05) is 32.9 Å². The molecule has 1 aliphatic rings. The zero-order chi connectivity index (χ0) is 12.8. The number of nitrogens with zero attached hydrogens (tertiary/aromatic N) is 2. The largest absolute Gasteiger partial charge is 0.375 e. The molecule has 0 unspecified atom stereocenters. The van der Waals surface area contributed by atoms with E-state index in [1.165, 1.54) is 0 Å². The fraction of sp³-hybridized carbons (Fsp3) is 0.692. The van der Waals surface area contributed by atoms with Crippen LogP contribution in [0.25, 0.3) is 0 Å². The number of ether oxygens (including phenoxy) is 2. The van der Waals surface area contributed by atoms with Gasteiger partial charge in [0.05, 0.1) is 12.2 Å².